The van der Waals surface area contributed by atoms with Crippen molar-refractivity contribution in [3.8, 4) is 0 Å². The lowest BCUT2D eigenvalue weighted by Gasteiger charge is -2.32. The Labute approximate surface area is 146 Å². The van der Waals surface area contributed by atoms with E-state index in [1.165, 1.54) is 6.92 Å². The molecular weight excluding hydrogens is 357 g/mol. The van der Waals surface area contributed by atoms with Gasteiger partial charge in [-0.2, -0.15) is 0 Å². The standard InChI is InChI=1S/C17H23BBrNO3/c1-12(21)20-11-14(10-13-6-8-15(19)9-7-13)18-22-16(2,3)17(4,5)23-18/h6-10H,11H2,1-5H3,(H,20,21). The average molecular weight is 380 g/mol. The molecule has 0 bridgehead atoms. The van der Waals surface area contributed by atoms with Gasteiger partial charge in [0, 0.05) is 17.9 Å². The second-order valence-electron chi connectivity index (χ2n) is 6.77. The van der Waals surface area contributed by atoms with Gasteiger partial charge in [0.1, 0.15) is 0 Å². The van der Waals surface area contributed by atoms with Crippen molar-refractivity contribution in [1.29, 1.82) is 0 Å². The Morgan fingerprint density at radius 3 is 2.17 bits per heavy atom. The molecule has 1 N–H and O–H groups in total. The molecule has 0 unspecified atom stereocenters. The van der Waals surface area contributed by atoms with Crippen LogP contribution in [0.15, 0.2) is 34.2 Å². The van der Waals surface area contributed by atoms with Crippen LogP contribution in [0.5, 0.6) is 0 Å². The van der Waals surface area contributed by atoms with Crippen LogP contribution in [0.1, 0.15) is 40.2 Å². The Balaban J connectivity index is 2.28. The number of amides is 1. The molecule has 0 saturated carbocycles. The van der Waals surface area contributed by atoms with Crippen molar-refractivity contribution in [2.24, 2.45) is 0 Å². The van der Waals surface area contributed by atoms with Crippen LogP contribution in [0.3, 0.4) is 0 Å². The van der Waals surface area contributed by atoms with E-state index in [0.29, 0.717) is 6.54 Å². The van der Waals surface area contributed by atoms with E-state index in [9.17, 15) is 4.79 Å². The number of benzene rings is 1. The fourth-order valence-electron chi connectivity index (χ4n) is 2.20. The summed E-state index contributed by atoms with van der Waals surface area (Å²) in [5.41, 5.74) is 1.10. The quantitative estimate of drug-likeness (QED) is 0.813. The Morgan fingerprint density at radius 1 is 1.17 bits per heavy atom. The monoisotopic (exact) mass is 379 g/mol. The average Bonchev–Trinajstić information content (AvgIpc) is 2.65. The van der Waals surface area contributed by atoms with Crippen molar-refractivity contribution in [3.05, 3.63) is 39.8 Å². The number of nitrogens with one attached hydrogen (secondary N) is 1. The fraction of sp³-hybridized carbons (Fsp3) is 0.471. The van der Waals surface area contributed by atoms with Crippen LogP contribution >= 0.6 is 15.9 Å². The summed E-state index contributed by atoms with van der Waals surface area (Å²) in [6, 6.07) is 7.96. The van der Waals surface area contributed by atoms with E-state index in [0.717, 1.165) is 15.5 Å². The largest absolute Gasteiger partial charge is 0.492 e. The summed E-state index contributed by atoms with van der Waals surface area (Å²) < 4.78 is 13.2. The smallest absolute Gasteiger partial charge is 0.400 e. The summed E-state index contributed by atoms with van der Waals surface area (Å²) in [4.78, 5) is 11.3. The molecule has 2 rings (SSSR count). The Hall–Kier alpha value is -1.11. The third kappa shape index (κ3) is 4.46. The Kier molecular flexibility index (Phi) is 5.39. The predicted molar refractivity (Wildman–Crippen MR) is 96.9 cm³/mol. The lowest BCUT2D eigenvalue weighted by Crippen LogP contribution is -2.41. The van der Waals surface area contributed by atoms with Crippen LogP contribution in [-0.2, 0) is 14.1 Å². The Morgan fingerprint density at radius 2 is 1.70 bits per heavy atom. The molecule has 124 valence electrons. The van der Waals surface area contributed by atoms with Crippen LogP contribution in [0.2, 0.25) is 0 Å². The molecule has 0 spiro atoms. The minimum atomic E-state index is -0.476. The summed E-state index contributed by atoms with van der Waals surface area (Å²) in [6.45, 7) is 9.96. The number of hydrogen-bond acceptors (Lipinski definition) is 3. The topological polar surface area (TPSA) is 47.6 Å². The van der Waals surface area contributed by atoms with Gasteiger partial charge in [-0.3, -0.25) is 4.79 Å². The zero-order valence-electron chi connectivity index (χ0n) is 14.3. The first kappa shape index (κ1) is 18.2. The van der Waals surface area contributed by atoms with Gasteiger partial charge in [-0.25, -0.2) is 0 Å². The highest BCUT2D eigenvalue weighted by atomic mass is 79.9. The second-order valence-corrected chi connectivity index (χ2v) is 7.68. The van der Waals surface area contributed by atoms with Gasteiger partial charge in [-0.1, -0.05) is 34.1 Å². The van der Waals surface area contributed by atoms with E-state index in [1.54, 1.807) is 0 Å². The SMILES string of the molecule is CC(=O)NCC(=Cc1ccc(Br)cc1)B1OC(C)(C)C(C)(C)O1. The first-order valence-corrected chi connectivity index (χ1v) is 8.46. The molecule has 1 saturated heterocycles. The van der Waals surface area contributed by atoms with E-state index in [4.69, 9.17) is 9.31 Å². The molecule has 0 aliphatic carbocycles. The number of halogens is 1. The molecule has 1 aliphatic heterocycles. The van der Waals surface area contributed by atoms with Crippen molar-refractivity contribution in [3.63, 3.8) is 0 Å². The molecule has 23 heavy (non-hydrogen) atoms. The summed E-state index contributed by atoms with van der Waals surface area (Å²) in [5.74, 6) is -0.0803. The molecule has 0 atom stereocenters. The lowest BCUT2D eigenvalue weighted by atomic mass is 9.77. The van der Waals surface area contributed by atoms with E-state index in [-0.39, 0.29) is 5.91 Å². The Bertz CT molecular complexity index is 595. The normalized spacial score (nSPS) is 19.7. The van der Waals surface area contributed by atoms with Crippen LogP contribution < -0.4 is 5.32 Å². The van der Waals surface area contributed by atoms with Gasteiger partial charge < -0.3 is 14.6 Å². The van der Waals surface area contributed by atoms with Gasteiger partial charge >= 0.3 is 7.12 Å². The van der Waals surface area contributed by atoms with Crippen LogP contribution in [0.4, 0.5) is 0 Å². The minimum absolute atomic E-state index is 0.0803. The van der Waals surface area contributed by atoms with Crippen LogP contribution in [-0.4, -0.2) is 30.8 Å². The zero-order valence-corrected chi connectivity index (χ0v) is 15.9. The maximum atomic E-state index is 11.3. The maximum absolute atomic E-state index is 11.3. The van der Waals surface area contributed by atoms with E-state index in [2.05, 4.69) is 21.2 Å². The van der Waals surface area contributed by atoms with E-state index < -0.39 is 18.3 Å². The van der Waals surface area contributed by atoms with Gasteiger partial charge in [0.2, 0.25) is 5.91 Å². The molecule has 0 radical (unpaired) electrons. The molecule has 1 aromatic carbocycles. The van der Waals surface area contributed by atoms with Gasteiger partial charge in [-0.05, 0) is 50.9 Å². The molecule has 4 nitrogen and oxygen atoms in total. The summed E-state index contributed by atoms with van der Waals surface area (Å²) in [7, 11) is -0.476. The molecule has 6 heteroatoms. The zero-order chi connectivity index (χ0) is 17.3. The molecule has 1 fully saturated rings. The lowest BCUT2D eigenvalue weighted by molar-refractivity contribution is -0.118. The molecular formula is C17H23BBrNO3. The molecule has 1 aromatic rings. The predicted octanol–water partition coefficient (Wildman–Crippen LogP) is 3.60. The summed E-state index contributed by atoms with van der Waals surface area (Å²) in [5, 5.41) is 2.83. The first-order chi connectivity index (χ1) is 10.6. The maximum Gasteiger partial charge on any atom is 0.492 e. The van der Waals surface area contributed by atoms with Crippen LogP contribution in [0, 0.1) is 0 Å². The highest BCUT2D eigenvalue weighted by molar-refractivity contribution is 9.10. The van der Waals surface area contributed by atoms with Crippen molar-refractivity contribution in [2.45, 2.75) is 45.8 Å². The molecule has 1 heterocycles. The van der Waals surface area contributed by atoms with Crippen molar-refractivity contribution >= 4 is 35.0 Å². The first-order valence-electron chi connectivity index (χ1n) is 7.67. The number of hydrogen-bond donors (Lipinski definition) is 1. The van der Waals surface area contributed by atoms with Crippen molar-refractivity contribution in [2.75, 3.05) is 6.54 Å². The van der Waals surface area contributed by atoms with E-state index >= 15 is 0 Å². The third-order valence-electron chi connectivity index (χ3n) is 4.32. The highest BCUT2D eigenvalue weighted by Crippen LogP contribution is 2.38. The van der Waals surface area contributed by atoms with Crippen molar-refractivity contribution in [1.82, 2.24) is 5.32 Å². The summed E-state index contributed by atoms with van der Waals surface area (Å²) >= 11 is 3.43. The number of carbonyl (C=O) groups excluding carboxylic acids is 1. The fourth-order valence-corrected chi connectivity index (χ4v) is 2.46. The molecule has 1 amide bonds. The number of rotatable bonds is 4. The van der Waals surface area contributed by atoms with Gasteiger partial charge in [-0.15, -0.1) is 0 Å². The molecule has 1 aliphatic rings. The third-order valence-corrected chi connectivity index (χ3v) is 4.85. The second kappa shape index (κ2) is 6.79. The van der Waals surface area contributed by atoms with Gasteiger partial charge in [0.15, 0.2) is 0 Å². The van der Waals surface area contributed by atoms with Gasteiger partial charge in [0.05, 0.1) is 11.2 Å². The molecule has 0 aromatic heterocycles. The summed E-state index contributed by atoms with van der Waals surface area (Å²) in [6.07, 6.45) is 2.00. The van der Waals surface area contributed by atoms with Crippen LogP contribution in [0.25, 0.3) is 6.08 Å². The highest BCUT2D eigenvalue weighted by Gasteiger charge is 2.52. The van der Waals surface area contributed by atoms with Gasteiger partial charge in [0.25, 0.3) is 0 Å². The minimum Gasteiger partial charge on any atom is -0.400 e. The van der Waals surface area contributed by atoms with E-state index in [1.807, 2.05) is 58.0 Å². The van der Waals surface area contributed by atoms with Crippen molar-refractivity contribution < 1.29 is 14.1 Å². The number of carbonyl (C=O) groups is 1.